The molecule has 0 unspecified atom stereocenters. The largest absolute Gasteiger partial charge is 0.493 e. The van der Waals surface area contributed by atoms with Crippen molar-refractivity contribution in [3.05, 3.63) is 23.3 Å². The average Bonchev–Trinajstić information content (AvgIpc) is 2.45. The molecule has 0 aliphatic heterocycles. The number of ether oxygens (including phenoxy) is 2. The number of halogens is 1. The third kappa shape index (κ3) is 2.57. The summed E-state index contributed by atoms with van der Waals surface area (Å²) < 4.78 is 22.7. The van der Waals surface area contributed by atoms with Crippen LogP contribution in [0.4, 0.5) is 4.39 Å². The van der Waals surface area contributed by atoms with Crippen molar-refractivity contribution in [1.82, 2.24) is 4.90 Å². The smallest absolute Gasteiger partial charge is 0.230 e. The maximum atomic E-state index is 12.3. The number of benzene rings is 1. The molecule has 1 aromatic carbocycles. The van der Waals surface area contributed by atoms with E-state index < -0.39 is 6.67 Å². The van der Waals surface area contributed by atoms with Gasteiger partial charge in [-0.25, -0.2) is 0 Å². The molecule has 1 atom stereocenters. The molecule has 0 radical (unpaired) electrons. The number of hydrogen-bond acceptors (Lipinski definition) is 3. The Bertz CT molecular complexity index is 504. The fraction of sp³-hybridized carbons (Fsp3) is 0.533. The number of nitrogens with zero attached hydrogens (tertiary/aromatic N) is 1. The van der Waals surface area contributed by atoms with E-state index in [-0.39, 0.29) is 11.8 Å². The van der Waals surface area contributed by atoms with E-state index >= 15 is 0 Å². The highest BCUT2D eigenvalue weighted by Gasteiger charge is 2.35. The molecule has 1 aliphatic carbocycles. The van der Waals surface area contributed by atoms with E-state index in [2.05, 4.69) is 0 Å². The molecule has 0 saturated carbocycles. The second-order valence-corrected chi connectivity index (χ2v) is 4.97. The third-order valence-electron chi connectivity index (χ3n) is 3.75. The van der Waals surface area contributed by atoms with Crippen molar-refractivity contribution < 1.29 is 18.7 Å². The van der Waals surface area contributed by atoms with Crippen LogP contribution in [0.5, 0.6) is 11.5 Å². The molecule has 2 rings (SSSR count). The number of methoxy groups -OCH3 is 2. The Balaban J connectivity index is 2.14. The zero-order chi connectivity index (χ0) is 14.7. The van der Waals surface area contributed by atoms with E-state index in [1.807, 2.05) is 12.1 Å². The lowest BCUT2D eigenvalue weighted by molar-refractivity contribution is -0.132. The zero-order valence-corrected chi connectivity index (χ0v) is 12.1. The minimum absolute atomic E-state index is 0.0400. The fourth-order valence-corrected chi connectivity index (χ4v) is 2.53. The predicted molar refractivity (Wildman–Crippen MR) is 74.2 cm³/mol. The SMILES string of the molecule is COc1cc2c(cc1OC)[C@@H](C(=O)N(C)CCCF)C2. The Kier molecular flexibility index (Phi) is 4.47. The summed E-state index contributed by atoms with van der Waals surface area (Å²) >= 11 is 0. The van der Waals surface area contributed by atoms with Gasteiger partial charge >= 0.3 is 0 Å². The van der Waals surface area contributed by atoms with Crippen LogP contribution >= 0.6 is 0 Å². The number of rotatable bonds is 6. The second-order valence-electron chi connectivity index (χ2n) is 4.97. The molecule has 0 saturated heterocycles. The van der Waals surface area contributed by atoms with Crippen molar-refractivity contribution in [3.8, 4) is 11.5 Å². The lowest BCUT2D eigenvalue weighted by Gasteiger charge is -2.33. The maximum absolute atomic E-state index is 12.3. The van der Waals surface area contributed by atoms with Crippen LogP contribution in [0.15, 0.2) is 12.1 Å². The Morgan fingerprint density at radius 2 is 2.00 bits per heavy atom. The first-order chi connectivity index (χ1) is 9.62. The molecule has 0 spiro atoms. The molecule has 110 valence electrons. The van der Waals surface area contributed by atoms with Gasteiger partial charge in [-0.1, -0.05) is 0 Å². The van der Waals surface area contributed by atoms with Crippen molar-refractivity contribution in [2.45, 2.75) is 18.8 Å². The first kappa shape index (κ1) is 14.6. The van der Waals surface area contributed by atoms with Crippen LogP contribution in [0, 0.1) is 0 Å². The van der Waals surface area contributed by atoms with Crippen LogP contribution in [0.1, 0.15) is 23.5 Å². The van der Waals surface area contributed by atoms with Gasteiger partial charge in [0, 0.05) is 13.6 Å². The van der Waals surface area contributed by atoms with Crippen LogP contribution in [-0.2, 0) is 11.2 Å². The van der Waals surface area contributed by atoms with Gasteiger partial charge < -0.3 is 14.4 Å². The molecule has 0 fully saturated rings. The molecule has 1 amide bonds. The van der Waals surface area contributed by atoms with Crippen LogP contribution in [0.25, 0.3) is 0 Å². The molecule has 0 N–H and O–H groups in total. The molecule has 0 bridgehead atoms. The first-order valence-electron chi connectivity index (χ1n) is 6.68. The summed E-state index contributed by atoms with van der Waals surface area (Å²) in [5, 5.41) is 0. The number of alkyl halides is 1. The van der Waals surface area contributed by atoms with Gasteiger partial charge in [-0.3, -0.25) is 9.18 Å². The molecule has 1 aliphatic rings. The number of carbonyl (C=O) groups excluding carboxylic acids is 1. The van der Waals surface area contributed by atoms with E-state index in [1.54, 1.807) is 26.2 Å². The Hall–Kier alpha value is -1.78. The molecular weight excluding hydrogens is 261 g/mol. The van der Waals surface area contributed by atoms with Crippen LogP contribution in [0.3, 0.4) is 0 Å². The highest BCUT2D eigenvalue weighted by atomic mass is 19.1. The second kappa shape index (κ2) is 6.11. The van der Waals surface area contributed by atoms with Gasteiger partial charge in [0.1, 0.15) is 0 Å². The van der Waals surface area contributed by atoms with Crippen molar-refractivity contribution in [1.29, 1.82) is 0 Å². The fourth-order valence-electron chi connectivity index (χ4n) is 2.53. The van der Waals surface area contributed by atoms with Crippen molar-refractivity contribution >= 4 is 5.91 Å². The molecule has 0 aromatic heterocycles. The van der Waals surface area contributed by atoms with Gasteiger partial charge in [0.2, 0.25) is 5.91 Å². The van der Waals surface area contributed by atoms with E-state index in [1.165, 1.54) is 0 Å². The molecule has 5 heteroatoms. The minimum Gasteiger partial charge on any atom is -0.493 e. The van der Waals surface area contributed by atoms with Gasteiger partial charge in [0.05, 0.1) is 26.8 Å². The normalized spacial score (nSPS) is 16.1. The number of carbonyl (C=O) groups is 1. The lowest BCUT2D eigenvalue weighted by Crippen LogP contribution is -2.37. The summed E-state index contributed by atoms with van der Waals surface area (Å²) in [6.45, 7) is 0.0539. The maximum Gasteiger partial charge on any atom is 0.230 e. The molecular formula is C15H20FNO3. The summed E-state index contributed by atoms with van der Waals surface area (Å²) in [7, 11) is 4.89. The molecule has 4 nitrogen and oxygen atoms in total. The molecule has 1 aromatic rings. The van der Waals surface area contributed by atoms with Crippen LogP contribution < -0.4 is 9.47 Å². The minimum atomic E-state index is -0.399. The van der Waals surface area contributed by atoms with Crippen LogP contribution in [-0.4, -0.2) is 45.3 Å². The van der Waals surface area contributed by atoms with Crippen LogP contribution in [0.2, 0.25) is 0 Å². The quantitative estimate of drug-likeness (QED) is 0.802. The predicted octanol–water partition coefficient (Wildman–Crippen LogP) is 2.16. The Morgan fingerprint density at radius 3 is 2.60 bits per heavy atom. The van der Waals surface area contributed by atoms with Gasteiger partial charge in [-0.05, 0) is 36.1 Å². The number of hydrogen-bond donors (Lipinski definition) is 0. The van der Waals surface area contributed by atoms with E-state index in [0.717, 1.165) is 11.1 Å². The highest BCUT2D eigenvalue weighted by molar-refractivity contribution is 5.87. The zero-order valence-electron chi connectivity index (χ0n) is 12.1. The lowest BCUT2D eigenvalue weighted by atomic mass is 9.76. The summed E-state index contributed by atoms with van der Waals surface area (Å²) in [4.78, 5) is 13.9. The monoisotopic (exact) mass is 281 g/mol. The van der Waals surface area contributed by atoms with E-state index in [9.17, 15) is 9.18 Å². The summed E-state index contributed by atoms with van der Waals surface area (Å²) in [6, 6.07) is 3.78. The third-order valence-corrected chi connectivity index (χ3v) is 3.75. The Labute approximate surface area is 118 Å². The van der Waals surface area contributed by atoms with Gasteiger partial charge in [-0.2, -0.15) is 0 Å². The van der Waals surface area contributed by atoms with Crippen molar-refractivity contribution in [3.63, 3.8) is 0 Å². The molecule has 20 heavy (non-hydrogen) atoms. The van der Waals surface area contributed by atoms with Gasteiger partial charge in [0.25, 0.3) is 0 Å². The van der Waals surface area contributed by atoms with E-state index in [0.29, 0.717) is 30.9 Å². The van der Waals surface area contributed by atoms with E-state index in [4.69, 9.17) is 9.47 Å². The highest BCUT2D eigenvalue weighted by Crippen LogP contribution is 2.42. The standard InChI is InChI=1S/C15H20FNO3/c1-17(6-4-5-16)15(18)12-7-10-8-13(19-2)14(20-3)9-11(10)12/h8-9,12H,4-7H2,1-3H3/t12-/m0/s1. The van der Waals surface area contributed by atoms with Gasteiger partial charge in [0.15, 0.2) is 11.5 Å². The topological polar surface area (TPSA) is 38.8 Å². The van der Waals surface area contributed by atoms with Crippen molar-refractivity contribution in [2.24, 2.45) is 0 Å². The summed E-state index contributed by atoms with van der Waals surface area (Å²) in [5.41, 5.74) is 2.10. The number of amides is 1. The van der Waals surface area contributed by atoms with Gasteiger partial charge in [-0.15, -0.1) is 0 Å². The average molecular weight is 281 g/mol. The summed E-state index contributed by atoms with van der Waals surface area (Å²) in [5.74, 6) is 1.21. The number of likely N-dealkylation sites (N-methyl/N-ethyl adjacent to an activating group) is 1. The van der Waals surface area contributed by atoms with Crippen molar-refractivity contribution in [2.75, 3.05) is 34.5 Å². The number of fused-ring (bicyclic) bond motifs is 1. The Morgan fingerprint density at radius 1 is 1.35 bits per heavy atom. The molecule has 0 heterocycles. The first-order valence-corrected chi connectivity index (χ1v) is 6.68. The summed E-state index contributed by atoms with van der Waals surface area (Å²) in [6.07, 6.45) is 1.09.